The van der Waals surface area contributed by atoms with E-state index in [1.165, 1.54) is 24.8 Å². The zero-order valence-corrected chi connectivity index (χ0v) is 13.4. The number of aliphatic hydroxyl groups is 1. The lowest BCUT2D eigenvalue weighted by Gasteiger charge is -2.37. The zero-order chi connectivity index (χ0) is 14.8. The van der Waals surface area contributed by atoms with E-state index in [2.05, 4.69) is 28.4 Å². The summed E-state index contributed by atoms with van der Waals surface area (Å²) < 4.78 is 0. The molecule has 2 aliphatic rings. The minimum absolute atomic E-state index is 0.187. The molecule has 21 heavy (non-hydrogen) atoms. The van der Waals surface area contributed by atoms with E-state index in [4.69, 9.17) is 11.6 Å². The Morgan fingerprint density at radius 3 is 2.67 bits per heavy atom. The highest BCUT2D eigenvalue weighted by molar-refractivity contribution is 6.33. The van der Waals surface area contributed by atoms with Gasteiger partial charge in [-0.15, -0.1) is 0 Å². The highest BCUT2D eigenvalue weighted by Gasteiger charge is 2.27. The zero-order valence-electron chi connectivity index (χ0n) is 12.7. The second kappa shape index (κ2) is 6.55. The summed E-state index contributed by atoms with van der Waals surface area (Å²) >= 11 is 6.47. The van der Waals surface area contributed by atoms with E-state index >= 15 is 0 Å². The molecule has 2 saturated carbocycles. The van der Waals surface area contributed by atoms with Crippen LogP contribution in [0.4, 0.5) is 5.69 Å². The van der Waals surface area contributed by atoms with Gasteiger partial charge in [-0.1, -0.05) is 30.5 Å². The van der Waals surface area contributed by atoms with Gasteiger partial charge in [-0.05, 0) is 43.4 Å². The molecule has 3 rings (SSSR count). The maximum atomic E-state index is 10.2. The first-order valence-electron chi connectivity index (χ1n) is 8.08. The van der Waals surface area contributed by atoms with Crippen LogP contribution in [0.25, 0.3) is 0 Å². The van der Waals surface area contributed by atoms with E-state index in [0.29, 0.717) is 6.04 Å². The van der Waals surface area contributed by atoms with Crippen LogP contribution in [0.1, 0.15) is 44.1 Å². The van der Waals surface area contributed by atoms with Gasteiger partial charge in [0.2, 0.25) is 0 Å². The number of benzene rings is 1. The maximum absolute atomic E-state index is 10.2. The second-order valence-electron chi connectivity index (χ2n) is 6.47. The standard InChI is InChI=1S/C17H25ClN2O/c1-20(16-4-2-3-5-17(16)21)15-9-6-12(10-14(15)18)11-19-13-7-8-13/h6,9-10,13,16-17,19,21H,2-5,7-8,11H2,1H3. The van der Waals surface area contributed by atoms with E-state index in [1.807, 2.05) is 7.05 Å². The van der Waals surface area contributed by atoms with E-state index in [9.17, 15) is 5.11 Å². The van der Waals surface area contributed by atoms with Crippen molar-refractivity contribution >= 4 is 17.3 Å². The Morgan fingerprint density at radius 1 is 1.24 bits per heavy atom. The number of anilines is 1. The van der Waals surface area contributed by atoms with Crippen molar-refractivity contribution < 1.29 is 5.11 Å². The first-order chi connectivity index (χ1) is 10.1. The third-order valence-corrected chi connectivity index (χ3v) is 5.06. The number of aliphatic hydroxyl groups excluding tert-OH is 1. The molecule has 116 valence electrons. The Morgan fingerprint density at radius 2 is 2.00 bits per heavy atom. The largest absolute Gasteiger partial charge is 0.391 e. The molecule has 0 spiro atoms. The number of likely N-dealkylation sites (N-methyl/N-ethyl adjacent to an activating group) is 1. The average molecular weight is 309 g/mol. The van der Waals surface area contributed by atoms with Gasteiger partial charge < -0.3 is 15.3 Å². The molecule has 1 aromatic rings. The molecule has 0 heterocycles. The summed E-state index contributed by atoms with van der Waals surface area (Å²) in [6.07, 6.45) is 6.62. The first-order valence-corrected chi connectivity index (χ1v) is 8.45. The van der Waals surface area contributed by atoms with Crippen molar-refractivity contribution in [2.24, 2.45) is 0 Å². The Hall–Kier alpha value is -0.770. The Kier molecular flexibility index (Phi) is 4.72. The molecule has 4 heteroatoms. The summed E-state index contributed by atoms with van der Waals surface area (Å²) in [6, 6.07) is 7.18. The SMILES string of the molecule is CN(c1ccc(CNC2CC2)cc1Cl)C1CCCCC1O. The van der Waals surface area contributed by atoms with Crippen molar-refractivity contribution in [1.29, 1.82) is 0 Å². The lowest BCUT2D eigenvalue weighted by Crippen LogP contribution is -2.43. The molecular formula is C17H25ClN2O. The van der Waals surface area contributed by atoms with Gasteiger partial charge in [-0.25, -0.2) is 0 Å². The lowest BCUT2D eigenvalue weighted by atomic mass is 9.91. The number of hydrogen-bond acceptors (Lipinski definition) is 3. The van der Waals surface area contributed by atoms with Crippen LogP contribution in [0.2, 0.25) is 5.02 Å². The smallest absolute Gasteiger partial charge is 0.0743 e. The molecule has 0 radical (unpaired) electrons. The molecule has 0 saturated heterocycles. The fraction of sp³-hybridized carbons (Fsp3) is 0.647. The highest BCUT2D eigenvalue weighted by Crippen LogP contribution is 2.32. The van der Waals surface area contributed by atoms with Crippen LogP contribution in [0, 0.1) is 0 Å². The molecule has 0 aliphatic heterocycles. The van der Waals surface area contributed by atoms with E-state index in [1.54, 1.807) is 0 Å². The summed E-state index contributed by atoms with van der Waals surface area (Å²) in [7, 11) is 2.04. The van der Waals surface area contributed by atoms with Gasteiger partial charge in [0, 0.05) is 19.6 Å². The molecule has 2 N–H and O–H groups in total. The molecule has 2 atom stereocenters. The van der Waals surface area contributed by atoms with Crippen LogP contribution in [0.5, 0.6) is 0 Å². The normalized spacial score (nSPS) is 25.9. The fourth-order valence-electron chi connectivity index (χ4n) is 3.22. The minimum Gasteiger partial charge on any atom is -0.391 e. The van der Waals surface area contributed by atoms with Crippen molar-refractivity contribution in [3.8, 4) is 0 Å². The second-order valence-corrected chi connectivity index (χ2v) is 6.88. The van der Waals surface area contributed by atoms with Crippen LogP contribution in [-0.4, -0.2) is 30.3 Å². The van der Waals surface area contributed by atoms with Crippen molar-refractivity contribution in [1.82, 2.24) is 5.32 Å². The molecule has 2 fully saturated rings. The van der Waals surface area contributed by atoms with Crippen molar-refractivity contribution in [3.63, 3.8) is 0 Å². The third kappa shape index (κ3) is 3.71. The summed E-state index contributed by atoms with van der Waals surface area (Å²) in [5.74, 6) is 0. The maximum Gasteiger partial charge on any atom is 0.0743 e. The van der Waals surface area contributed by atoms with Gasteiger partial charge in [-0.3, -0.25) is 0 Å². The molecule has 2 unspecified atom stereocenters. The summed E-state index contributed by atoms with van der Waals surface area (Å²) in [5.41, 5.74) is 2.26. The highest BCUT2D eigenvalue weighted by atomic mass is 35.5. The van der Waals surface area contributed by atoms with Crippen molar-refractivity contribution in [2.45, 2.75) is 63.3 Å². The predicted octanol–water partition coefficient (Wildman–Crippen LogP) is 3.33. The third-order valence-electron chi connectivity index (χ3n) is 4.76. The van der Waals surface area contributed by atoms with Gasteiger partial charge in [0.1, 0.15) is 0 Å². The van der Waals surface area contributed by atoms with Gasteiger partial charge in [0.05, 0.1) is 22.9 Å². The van der Waals surface area contributed by atoms with E-state index in [0.717, 1.165) is 36.5 Å². The van der Waals surface area contributed by atoms with Crippen LogP contribution in [0.3, 0.4) is 0 Å². The summed E-state index contributed by atoms with van der Waals surface area (Å²) in [4.78, 5) is 2.16. The fourth-order valence-corrected chi connectivity index (χ4v) is 3.55. The summed E-state index contributed by atoms with van der Waals surface area (Å²) in [5, 5.41) is 14.5. The Bertz CT molecular complexity index is 490. The molecule has 1 aromatic carbocycles. The van der Waals surface area contributed by atoms with Crippen molar-refractivity contribution in [3.05, 3.63) is 28.8 Å². The minimum atomic E-state index is -0.240. The quantitative estimate of drug-likeness (QED) is 0.876. The van der Waals surface area contributed by atoms with Gasteiger partial charge in [-0.2, -0.15) is 0 Å². The van der Waals surface area contributed by atoms with Crippen LogP contribution in [-0.2, 0) is 6.54 Å². The van der Waals surface area contributed by atoms with Crippen LogP contribution >= 0.6 is 11.6 Å². The lowest BCUT2D eigenvalue weighted by molar-refractivity contribution is 0.106. The van der Waals surface area contributed by atoms with E-state index < -0.39 is 0 Å². The molecule has 0 aromatic heterocycles. The predicted molar refractivity (Wildman–Crippen MR) is 88.0 cm³/mol. The molecule has 0 bridgehead atoms. The van der Waals surface area contributed by atoms with Gasteiger partial charge >= 0.3 is 0 Å². The number of rotatable bonds is 5. The van der Waals surface area contributed by atoms with E-state index in [-0.39, 0.29) is 12.1 Å². The first kappa shape index (κ1) is 15.1. The average Bonchev–Trinajstić information content (AvgIpc) is 3.29. The van der Waals surface area contributed by atoms with Gasteiger partial charge in [0.15, 0.2) is 0 Å². The Balaban J connectivity index is 1.68. The molecular weight excluding hydrogens is 284 g/mol. The van der Waals surface area contributed by atoms with Gasteiger partial charge in [0.25, 0.3) is 0 Å². The summed E-state index contributed by atoms with van der Waals surface area (Å²) in [6.45, 7) is 0.889. The number of halogens is 1. The molecule has 0 amide bonds. The number of nitrogens with zero attached hydrogens (tertiary/aromatic N) is 1. The topological polar surface area (TPSA) is 35.5 Å². The molecule has 2 aliphatic carbocycles. The van der Waals surface area contributed by atoms with Crippen LogP contribution in [0.15, 0.2) is 18.2 Å². The number of nitrogens with one attached hydrogen (secondary N) is 1. The van der Waals surface area contributed by atoms with Crippen molar-refractivity contribution in [2.75, 3.05) is 11.9 Å². The van der Waals surface area contributed by atoms with Crippen LogP contribution < -0.4 is 10.2 Å². The molecule has 3 nitrogen and oxygen atoms in total. The monoisotopic (exact) mass is 308 g/mol. The number of hydrogen-bond donors (Lipinski definition) is 2. The Labute approximate surface area is 132 Å².